The van der Waals surface area contributed by atoms with Crippen molar-refractivity contribution in [3.63, 3.8) is 0 Å². The molecule has 0 spiro atoms. The van der Waals surface area contributed by atoms with E-state index >= 15 is 0 Å². The molecule has 1 saturated heterocycles. The maximum Gasteiger partial charge on any atom is 0.323 e. The molecule has 2 heterocycles. The van der Waals surface area contributed by atoms with Crippen molar-refractivity contribution < 1.29 is 19.4 Å². The number of nitrogens with one attached hydrogen (secondary N) is 1. The van der Waals surface area contributed by atoms with Gasteiger partial charge < -0.3 is 19.7 Å². The van der Waals surface area contributed by atoms with E-state index in [1.807, 2.05) is 6.92 Å². The smallest absolute Gasteiger partial charge is 0.323 e. The van der Waals surface area contributed by atoms with Gasteiger partial charge in [-0.05, 0) is 31.9 Å². The van der Waals surface area contributed by atoms with E-state index in [9.17, 15) is 9.59 Å². The van der Waals surface area contributed by atoms with Gasteiger partial charge in [0.15, 0.2) is 0 Å². The molecule has 0 aliphatic carbocycles. The SMILES string of the molecule is CC1(NC(=O)c2cccn2CC(=O)O)CCCOC1. The van der Waals surface area contributed by atoms with Gasteiger partial charge in [-0.25, -0.2) is 0 Å². The average molecular weight is 266 g/mol. The normalized spacial score (nSPS) is 23.0. The van der Waals surface area contributed by atoms with Gasteiger partial charge >= 0.3 is 5.97 Å². The van der Waals surface area contributed by atoms with Crippen LogP contribution < -0.4 is 5.32 Å². The molecule has 1 aliphatic heterocycles. The lowest BCUT2D eigenvalue weighted by Crippen LogP contribution is -2.51. The second-order valence-electron chi connectivity index (χ2n) is 5.09. The molecule has 104 valence electrons. The van der Waals surface area contributed by atoms with E-state index in [1.54, 1.807) is 18.3 Å². The molecule has 19 heavy (non-hydrogen) atoms. The minimum atomic E-state index is -0.975. The Hall–Kier alpha value is -1.82. The van der Waals surface area contributed by atoms with E-state index in [-0.39, 0.29) is 18.0 Å². The molecule has 1 aromatic rings. The van der Waals surface area contributed by atoms with Gasteiger partial charge in [0.25, 0.3) is 5.91 Å². The van der Waals surface area contributed by atoms with Crippen LogP contribution in [0.25, 0.3) is 0 Å². The summed E-state index contributed by atoms with van der Waals surface area (Å²) in [5.74, 6) is -1.24. The number of ether oxygens (including phenoxy) is 1. The summed E-state index contributed by atoms with van der Waals surface area (Å²) < 4.78 is 6.80. The molecular weight excluding hydrogens is 248 g/mol. The second kappa shape index (κ2) is 5.44. The number of aromatic nitrogens is 1. The van der Waals surface area contributed by atoms with Crippen LogP contribution in [0.4, 0.5) is 0 Å². The van der Waals surface area contributed by atoms with Crippen molar-refractivity contribution >= 4 is 11.9 Å². The maximum absolute atomic E-state index is 12.2. The van der Waals surface area contributed by atoms with Crippen LogP contribution in [0.1, 0.15) is 30.3 Å². The van der Waals surface area contributed by atoms with Crippen LogP contribution >= 0.6 is 0 Å². The monoisotopic (exact) mass is 266 g/mol. The number of aliphatic carboxylic acids is 1. The van der Waals surface area contributed by atoms with Crippen LogP contribution in [0.5, 0.6) is 0 Å². The van der Waals surface area contributed by atoms with E-state index in [4.69, 9.17) is 9.84 Å². The number of nitrogens with zero attached hydrogens (tertiary/aromatic N) is 1. The first-order valence-electron chi connectivity index (χ1n) is 6.27. The van der Waals surface area contributed by atoms with Gasteiger partial charge in [0, 0.05) is 12.8 Å². The summed E-state index contributed by atoms with van der Waals surface area (Å²) in [5, 5.41) is 11.7. The van der Waals surface area contributed by atoms with E-state index < -0.39 is 5.97 Å². The van der Waals surface area contributed by atoms with Crippen molar-refractivity contribution in [3.05, 3.63) is 24.0 Å². The Morgan fingerprint density at radius 1 is 1.58 bits per heavy atom. The molecule has 0 radical (unpaired) electrons. The standard InChI is InChI=1S/C13H18N2O4/c1-13(5-3-7-19-9-13)14-12(18)10-4-2-6-15(10)8-11(16)17/h2,4,6H,3,5,7-9H2,1H3,(H,14,18)(H,16,17). The van der Waals surface area contributed by atoms with Crippen LogP contribution in [0.3, 0.4) is 0 Å². The molecule has 2 rings (SSSR count). The van der Waals surface area contributed by atoms with Gasteiger partial charge in [-0.1, -0.05) is 0 Å². The number of hydrogen-bond donors (Lipinski definition) is 2. The second-order valence-corrected chi connectivity index (χ2v) is 5.09. The molecule has 0 aromatic carbocycles. The maximum atomic E-state index is 12.2. The van der Waals surface area contributed by atoms with E-state index in [0.29, 0.717) is 12.3 Å². The Bertz CT molecular complexity index is 475. The van der Waals surface area contributed by atoms with Crippen LogP contribution in [-0.2, 0) is 16.1 Å². The first-order valence-corrected chi connectivity index (χ1v) is 6.27. The third-order valence-corrected chi connectivity index (χ3v) is 3.22. The third-order valence-electron chi connectivity index (χ3n) is 3.22. The number of carboxylic acid groups (broad SMARTS) is 1. The summed E-state index contributed by atoms with van der Waals surface area (Å²) in [7, 11) is 0. The fourth-order valence-corrected chi connectivity index (χ4v) is 2.27. The Kier molecular flexibility index (Phi) is 3.90. The van der Waals surface area contributed by atoms with Crippen LogP contribution in [0.2, 0.25) is 0 Å². The number of amides is 1. The number of carbonyl (C=O) groups excluding carboxylic acids is 1. The number of hydrogen-bond acceptors (Lipinski definition) is 3. The fraction of sp³-hybridized carbons (Fsp3) is 0.538. The van der Waals surface area contributed by atoms with Gasteiger partial charge in [-0.2, -0.15) is 0 Å². The number of rotatable bonds is 4. The summed E-state index contributed by atoms with van der Waals surface area (Å²) in [6.07, 6.45) is 3.36. The molecule has 1 aliphatic rings. The fourth-order valence-electron chi connectivity index (χ4n) is 2.27. The highest BCUT2D eigenvalue weighted by Crippen LogP contribution is 2.19. The van der Waals surface area contributed by atoms with Crippen molar-refractivity contribution in [2.24, 2.45) is 0 Å². The molecule has 1 fully saturated rings. The number of carboxylic acids is 1. The lowest BCUT2D eigenvalue weighted by atomic mass is 9.95. The average Bonchev–Trinajstić information content (AvgIpc) is 2.76. The zero-order valence-electron chi connectivity index (χ0n) is 10.9. The first-order chi connectivity index (χ1) is 9.00. The number of carbonyl (C=O) groups is 2. The molecule has 2 N–H and O–H groups in total. The zero-order chi connectivity index (χ0) is 13.9. The molecular formula is C13H18N2O4. The van der Waals surface area contributed by atoms with Gasteiger partial charge in [-0.3, -0.25) is 9.59 Å². The third kappa shape index (κ3) is 3.35. The Balaban J connectivity index is 2.07. The summed E-state index contributed by atoms with van der Waals surface area (Å²) in [4.78, 5) is 22.9. The van der Waals surface area contributed by atoms with E-state index in [1.165, 1.54) is 4.57 Å². The summed E-state index contributed by atoms with van der Waals surface area (Å²) in [6.45, 7) is 2.93. The lowest BCUT2D eigenvalue weighted by molar-refractivity contribution is -0.137. The molecule has 6 heteroatoms. The van der Waals surface area contributed by atoms with Crippen LogP contribution in [0.15, 0.2) is 18.3 Å². The van der Waals surface area contributed by atoms with Gasteiger partial charge in [-0.15, -0.1) is 0 Å². The Morgan fingerprint density at radius 3 is 3.00 bits per heavy atom. The molecule has 0 saturated carbocycles. The zero-order valence-corrected chi connectivity index (χ0v) is 10.9. The molecule has 0 bridgehead atoms. The minimum Gasteiger partial charge on any atom is -0.480 e. The van der Waals surface area contributed by atoms with Crippen molar-refractivity contribution in [1.82, 2.24) is 9.88 Å². The molecule has 1 aromatic heterocycles. The quantitative estimate of drug-likeness (QED) is 0.847. The van der Waals surface area contributed by atoms with E-state index in [2.05, 4.69) is 5.32 Å². The van der Waals surface area contributed by atoms with E-state index in [0.717, 1.165) is 19.4 Å². The van der Waals surface area contributed by atoms with Crippen molar-refractivity contribution in [2.75, 3.05) is 13.2 Å². The summed E-state index contributed by atoms with van der Waals surface area (Å²) >= 11 is 0. The van der Waals surface area contributed by atoms with Crippen molar-refractivity contribution in [1.29, 1.82) is 0 Å². The van der Waals surface area contributed by atoms with Crippen LogP contribution in [-0.4, -0.2) is 40.3 Å². The predicted molar refractivity (Wildman–Crippen MR) is 68.0 cm³/mol. The minimum absolute atomic E-state index is 0.219. The molecule has 1 amide bonds. The van der Waals surface area contributed by atoms with Crippen LogP contribution in [0, 0.1) is 0 Å². The molecule has 1 unspecified atom stereocenters. The highest BCUT2D eigenvalue weighted by atomic mass is 16.5. The van der Waals surface area contributed by atoms with Crippen molar-refractivity contribution in [2.45, 2.75) is 31.8 Å². The molecule has 1 atom stereocenters. The summed E-state index contributed by atoms with van der Waals surface area (Å²) in [6, 6.07) is 3.28. The Labute approximate surface area is 111 Å². The topological polar surface area (TPSA) is 80.6 Å². The molecule has 6 nitrogen and oxygen atoms in total. The van der Waals surface area contributed by atoms with Gasteiger partial charge in [0.2, 0.25) is 0 Å². The highest BCUT2D eigenvalue weighted by Gasteiger charge is 2.30. The largest absolute Gasteiger partial charge is 0.480 e. The lowest BCUT2D eigenvalue weighted by Gasteiger charge is -2.34. The Morgan fingerprint density at radius 2 is 2.37 bits per heavy atom. The summed E-state index contributed by atoms with van der Waals surface area (Å²) in [5.41, 5.74) is -0.0256. The predicted octanol–water partition coefficient (Wildman–Crippen LogP) is 0.872. The van der Waals surface area contributed by atoms with Gasteiger partial charge in [0.05, 0.1) is 12.1 Å². The van der Waals surface area contributed by atoms with Gasteiger partial charge in [0.1, 0.15) is 12.2 Å². The van der Waals surface area contributed by atoms with Crippen molar-refractivity contribution in [3.8, 4) is 0 Å². The highest BCUT2D eigenvalue weighted by molar-refractivity contribution is 5.93. The first kappa shape index (κ1) is 13.6.